The molecule has 4 N–H and O–H groups in total. The Labute approximate surface area is 226 Å². The van der Waals surface area contributed by atoms with Crippen LogP contribution in [0.15, 0.2) is 121 Å². The Morgan fingerprint density at radius 2 is 1.69 bits per heavy atom. The fourth-order valence-electron chi connectivity index (χ4n) is 4.80. The zero-order valence-electron chi connectivity index (χ0n) is 21.3. The van der Waals surface area contributed by atoms with E-state index in [1.807, 2.05) is 73.7 Å². The Bertz CT molecular complexity index is 1660. The number of carbonyl (C=O) groups is 1. The van der Waals surface area contributed by atoms with Crippen molar-refractivity contribution in [2.75, 3.05) is 5.32 Å². The molecule has 8 heteroatoms. The molecule has 0 bridgehead atoms. The van der Waals surface area contributed by atoms with E-state index in [4.69, 9.17) is 0 Å². The van der Waals surface area contributed by atoms with Crippen molar-refractivity contribution in [1.29, 1.82) is 0 Å². The molecule has 0 aliphatic carbocycles. The molecule has 5 aromatic rings. The molecule has 39 heavy (non-hydrogen) atoms. The number of benzene rings is 3. The van der Waals surface area contributed by atoms with Crippen LogP contribution in [0.4, 0.5) is 5.82 Å². The number of nitrogens with zero attached hydrogens (tertiary/aromatic N) is 3. The summed E-state index contributed by atoms with van der Waals surface area (Å²) in [7, 11) is 0. The van der Waals surface area contributed by atoms with E-state index < -0.39 is 0 Å². The van der Waals surface area contributed by atoms with Crippen LogP contribution in [0, 0.1) is 0 Å². The van der Waals surface area contributed by atoms with Crippen LogP contribution in [0.25, 0.3) is 22.0 Å². The van der Waals surface area contributed by atoms with Crippen LogP contribution >= 0.6 is 0 Å². The van der Waals surface area contributed by atoms with E-state index >= 15 is 0 Å². The summed E-state index contributed by atoms with van der Waals surface area (Å²) < 4.78 is 0. The van der Waals surface area contributed by atoms with Gasteiger partial charge < -0.3 is 10.6 Å². The summed E-state index contributed by atoms with van der Waals surface area (Å²) in [6.45, 7) is 2.04. The maximum Gasteiger partial charge on any atom is 0.229 e. The van der Waals surface area contributed by atoms with Crippen molar-refractivity contribution < 1.29 is 4.79 Å². The lowest BCUT2D eigenvalue weighted by atomic mass is 9.94. The number of hydrazine groups is 1. The number of H-pyrrole nitrogens is 1. The van der Waals surface area contributed by atoms with Crippen molar-refractivity contribution in [2.45, 2.75) is 13.0 Å². The minimum Gasteiger partial charge on any atom is -0.327 e. The van der Waals surface area contributed by atoms with Gasteiger partial charge in [-0.2, -0.15) is 5.10 Å². The van der Waals surface area contributed by atoms with Gasteiger partial charge in [-0.05, 0) is 47.4 Å². The summed E-state index contributed by atoms with van der Waals surface area (Å²) in [5.74, 6) is 2.05. The number of amides is 1. The average molecular weight is 514 g/mol. The van der Waals surface area contributed by atoms with Gasteiger partial charge in [0.25, 0.3) is 0 Å². The summed E-state index contributed by atoms with van der Waals surface area (Å²) >= 11 is 0. The Kier molecular flexibility index (Phi) is 6.59. The third kappa shape index (κ3) is 4.88. The standard InChI is InChI=1S/C31H27N7O/c1-21(24-14-15-26-25(19-24)13-8-17-32-26)30(34-27-16-18-33-36-27)35-31-28(22-9-4-2-5-10-22)29(37-38(31)20-39)23-11-6-3-7-12-23/h2-20,29,35,37H,1H3,(H2,33,34,36)/b30-21+. The fraction of sp³-hybridized carbons (Fsp3) is 0.0645. The van der Waals surface area contributed by atoms with Crippen molar-refractivity contribution in [1.82, 2.24) is 30.9 Å². The number of hydrogen-bond donors (Lipinski definition) is 4. The molecule has 0 fully saturated rings. The predicted octanol–water partition coefficient (Wildman–Crippen LogP) is 5.43. The number of fused-ring (bicyclic) bond motifs is 1. The smallest absolute Gasteiger partial charge is 0.229 e. The number of rotatable bonds is 8. The fourth-order valence-corrected chi connectivity index (χ4v) is 4.80. The van der Waals surface area contributed by atoms with Gasteiger partial charge in [0.1, 0.15) is 17.5 Å². The van der Waals surface area contributed by atoms with Crippen LogP contribution in [-0.2, 0) is 4.79 Å². The molecule has 1 atom stereocenters. The summed E-state index contributed by atoms with van der Waals surface area (Å²) in [5.41, 5.74) is 9.26. The Hall–Kier alpha value is -5.21. The van der Waals surface area contributed by atoms with Crippen molar-refractivity contribution in [3.05, 3.63) is 138 Å². The topological polar surface area (TPSA) is 98.0 Å². The summed E-state index contributed by atoms with van der Waals surface area (Å²) in [6, 6.07) is 31.9. The zero-order chi connectivity index (χ0) is 26.6. The molecule has 1 aliphatic rings. The van der Waals surface area contributed by atoms with Gasteiger partial charge in [0.2, 0.25) is 6.41 Å². The molecule has 192 valence electrons. The van der Waals surface area contributed by atoms with Crippen molar-refractivity contribution in [2.24, 2.45) is 0 Å². The van der Waals surface area contributed by atoms with Gasteiger partial charge in [-0.3, -0.25) is 14.9 Å². The van der Waals surface area contributed by atoms with Gasteiger partial charge in [0.05, 0.1) is 17.8 Å². The van der Waals surface area contributed by atoms with Crippen LogP contribution < -0.4 is 16.1 Å². The molecule has 1 aliphatic heterocycles. The largest absolute Gasteiger partial charge is 0.327 e. The highest BCUT2D eigenvalue weighted by atomic mass is 16.1. The first-order valence-electron chi connectivity index (χ1n) is 12.7. The van der Waals surface area contributed by atoms with Crippen LogP contribution in [0.1, 0.15) is 29.7 Å². The summed E-state index contributed by atoms with van der Waals surface area (Å²) in [6.07, 6.45) is 4.27. The highest BCUT2D eigenvalue weighted by Crippen LogP contribution is 2.38. The van der Waals surface area contributed by atoms with Gasteiger partial charge in [-0.15, -0.1) is 0 Å². The monoisotopic (exact) mass is 513 g/mol. The summed E-state index contributed by atoms with van der Waals surface area (Å²) in [4.78, 5) is 16.8. The minimum absolute atomic E-state index is 0.234. The molecule has 0 spiro atoms. The van der Waals surface area contributed by atoms with E-state index in [0.29, 0.717) is 17.5 Å². The second-order valence-corrected chi connectivity index (χ2v) is 9.21. The van der Waals surface area contributed by atoms with Gasteiger partial charge in [0.15, 0.2) is 0 Å². The highest BCUT2D eigenvalue weighted by Gasteiger charge is 2.34. The number of carbonyl (C=O) groups excluding carboxylic acids is 1. The van der Waals surface area contributed by atoms with Crippen molar-refractivity contribution in [3.8, 4) is 0 Å². The van der Waals surface area contributed by atoms with Crippen molar-refractivity contribution >= 4 is 34.3 Å². The first-order valence-corrected chi connectivity index (χ1v) is 12.7. The predicted molar refractivity (Wildman–Crippen MR) is 153 cm³/mol. The van der Waals surface area contributed by atoms with Crippen molar-refractivity contribution in [3.63, 3.8) is 0 Å². The van der Waals surface area contributed by atoms with E-state index in [1.165, 1.54) is 5.01 Å². The Morgan fingerprint density at radius 3 is 2.44 bits per heavy atom. The van der Waals surface area contributed by atoms with Gasteiger partial charge in [-0.25, -0.2) is 10.4 Å². The van der Waals surface area contributed by atoms with Gasteiger partial charge >= 0.3 is 0 Å². The molecule has 0 radical (unpaired) electrons. The normalized spacial score (nSPS) is 15.8. The molecular formula is C31H27N7O. The number of aromatic nitrogens is 3. The van der Waals surface area contributed by atoms with Crippen LogP contribution in [0.3, 0.4) is 0 Å². The SMILES string of the molecule is C/C(=C(\NC1=C(c2ccccc2)C(c2ccccc2)NN1C=O)Nc1ccn[nH]1)c1ccc2ncccc2c1. The number of hydrogen-bond acceptors (Lipinski definition) is 6. The average Bonchev–Trinajstić information content (AvgIpc) is 3.65. The second kappa shape index (κ2) is 10.6. The third-order valence-corrected chi connectivity index (χ3v) is 6.79. The molecule has 1 amide bonds. The van der Waals surface area contributed by atoms with Crippen LogP contribution in [0.5, 0.6) is 0 Å². The van der Waals surface area contributed by atoms with E-state index in [0.717, 1.165) is 45.1 Å². The molecule has 3 aromatic carbocycles. The van der Waals surface area contributed by atoms with Crippen LogP contribution in [0.2, 0.25) is 0 Å². The number of pyridine rings is 1. The molecule has 1 unspecified atom stereocenters. The lowest BCUT2D eigenvalue weighted by Gasteiger charge is -2.22. The third-order valence-electron chi connectivity index (χ3n) is 6.79. The second-order valence-electron chi connectivity index (χ2n) is 9.21. The van der Waals surface area contributed by atoms with Gasteiger partial charge in [-0.1, -0.05) is 72.8 Å². The van der Waals surface area contributed by atoms with Gasteiger partial charge in [0, 0.05) is 23.2 Å². The molecule has 0 saturated carbocycles. The number of nitrogens with one attached hydrogen (secondary N) is 4. The molecule has 6 rings (SSSR count). The molecular weight excluding hydrogens is 486 g/mol. The first-order chi connectivity index (χ1) is 19.2. The number of aromatic amines is 1. The maximum absolute atomic E-state index is 12.4. The minimum atomic E-state index is -0.234. The lowest BCUT2D eigenvalue weighted by Crippen LogP contribution is -2.37. The Morgan fingerprint density at radius 1 is 0.897 bits per heavy atom. The summed E-state index contributed by atoms with van der Waals surface area (Å²) in [5, 5.41) is 16.6. The molecule has 2 aromatic heterocycles. The number of anilines is 1. The van der Waals surface area contributed by atoms with E-state index in [1.54, 1.807) is 12.4 Å². The van der Waals surface area contributed by atoms with E-state index in [-0.39, 0.29) is 6.04 Å². The van der Waals surface area contributed by atoms with Crippen LogP contribution in [-0.4, -0.2) is 26.6 Å². The van der Waals surface area contributed by atoms with E-state index in [2.05, 4.69) is 61.6 Å². The van der Waals surface area contributed by atoms with E-state index in [9.17, 15) is 4.79 Å². The first kappa shape index (κ1) is 24.1. The Balaban J connectivity index is 1.50. The molecule has 8 nitrogen and oxygen atoms in total. The maximum atomic E-state index is 12.4. The molecule has 0 saturated heterocycles. The quantitative estimate of drug-likeness (QED) is 0.207. The highest BCUT2D eigenvalue weighted by molar-refractivity contribution is 5.84. The zero-order valence-corrected chi connectivity index (χ0v) is 21.3. The molecule has 3 heterocycles. The number of allylic oxidation sites excluding steroid dienone is 1. The lowest BCUT2D eigenvalue weighted by molar-refractivity contribution is -0.118.